The maximum absolute atomic E-state index is 13.5. The Kier molecular flexibility index (Phi) is 5.70. The first-order valence-electron chi connectivity index (χ1n) is 8.94. The Morgan fingerprint density at radius 3 is 2.39 bits per heavy atom. The minimum Gasteiger partial charge on any atom is -0.340 e. The third-order valence-corrected chi connectivity index (χ3v) is 5.62. The molecule has 3 aromatic carbocycles. The second kappa shape index (κ2) is 8.30. The molecular formula is C21H15Cl2FN4O2S. The van der Waals surface area contributed by atoms with Gasteiger partial charge < -0.3 is 5.32 Å². The first kappa shape index (κ1) is 21.3. The van der Waals surface area contributed by atoms with Crippen LogP contribution in [-0.4, -0.2) is 24.6 Å². The number of hydrogen-bond acceptors (Lipinski definition) is 5. The van der Waals surface area contributed by atoms with Crippen LogP contribution in [0.1, 0.15) is 0 Å². The second-order valence-corrected chi connectivity index (χ2v) is 9.34. The fourth-order valence-corrected chi connectivity index (χ4v) is 4.00. The van der Waals surface area contributed by atoms with Gasteiger partial charge in [0.1, 0.15) is 18.0 Å². The highest BCUT2D eigenvalue weighted by Crippen LogP contribution is 2.33. The molecule has 4 rings (SSSR count). The Morgan fingerprint density at radius 1 is 0.903 bits per heavy atom. The van der Waals surface area contributed by atoms with Crippen molar-refractivity contribution >= 4 is 61.3 Å². The molecule has 0 aliphatic heterocycles. The minimum atomic E-state index is -3.48. The number of nitrogens with zero attached hydrogens (tertiary/aromatic N) is 2. The van der Waals surface area contributed by atoms with Crippen LogP contribution in [0.3, 0.4) is 0 Å². The summed E-state index contributed by atoms with van der Waals surface area (Å²) in [6.07, 6.45) is 2.48. The molecule has 0 atom stereocenters. The Morgan fingerprint density at radius 2 is 1.65 bits per heavy atom. The number of aromatic nitrogens is 2. The first-order valence-corrected chi connectivity index (χ1v) is 11.6. The summed E-state index contributed by atoms with van der Waals surface area (Å²) in [5, 5.41) is 4.13. The lowest BCUT2D eigenvalue weighted by Crippen LogP contribution is -2.09. The maximum Gasteiger partial charge on any atom is 0.229 e. The van der Waals surface area contributed by atoms with Crippen molar-refractivity contribution in [3.8, 4) is 11.1 Å². The molecule has 0 bridgehead atoms. The van der Waals surface area contributed by atoms with Crippen molar-refractivity contribution < 1.29 is 12.8 Å². The van der Waals surface area contributed by atoms with E-state index in [0.717, 1.165) is 17.4 Å². The van der Waals surface area contributed by atoms with Gasteiger partial charge in [0.2, 0.25) is 10.0 Å². The molecule has 0 aliphatic carbocycles. The number of anilines is 3. The van der Waals surface area contributed by atoms with Crippen LogP contribution in [0.15, 0.2) is 60.9 Å². The van der Waals surface area contributed by atoms with Gasteiger partial charge in [-0.25, -0.2) is 22.8 Å². The molecule has 10 heteroatoms. The summed E-state index contributed by atoms with van der Waals surface area (Å²) < 4.78 is 39.1. The molecule has 6 nitrogen and oxygen atoms in total. The predicted molar refractivity (Wildman–Crippen MR) is 123 cm³/mol. The van der Waals surface area contributed by atoms with Gasteiger partial charge in [0.05, 0.1) is 27.5 Å². The average Bonchev–Trinajstić information content (AvgIpc) is 2.71. The molecule has 31 heavy (non-hydrogen) atoms. The van der Waals surface area contributed by atoms with Crippen molar-refractivity contribution in [3.05, 3.63) is 76.8 Å². The normalized spacial score (nSPS) is 11.5. The standard InChI is InChI=1S/C21H15Cl2FN4O2S/c1-31(29,30)28-20-9-13(2-5-16(20)22)12-3-7-19-15(8-12)21(26-11-25-19)27-14-4-6-18(24)17(23)10-14/h2-11,28H,1H3,(H,25,26,27). The van der Waals surface area contributed by atoms with Crippen LogP contribution in [0.25, 0.3) is 22.0 Å². The molecule has 158 valence electrons. The number of benzene rings is 3. The Balaban J connectivity index is 1.76. The summed E-state index contributed by atoms with van der Waals surface area (Å²) >= 11 is 12.0. The van der Waals surface area contributed by atoms with Gasteiger partial charge in [-0.05, 0) is 53.6 Å². The van der Waals surface area contributed by atoms with Gasteiger partial charge in [0.25, 0.3) is 0 Å². The lowest BCUT2D eigenvalue weighted by atomic mass is 10.0. The Hall–Kier alpha value is -2.94. The highest BCUT2D eigenvalue weighted by Gasteiger charge is 2.11. The third-order valence-electron chi connectivity index (χ3n) is 4.41. The van der Waals surface area contributed by atoms with Crippen molar-refractivity contribution in [1.29, 1.82) is 0 Å². The van der Waals surface area contributed by atoms with E-state index < -0.39 is 15.8 Å². The third kappa shape index (κ3) is 4.87. The van der Waals surface area contributed by atoms with Crippen LogP contribution >= 0.6 is 23.2 Å². The van der Waals surface area contributed by atoms with Crippen molar-refractivity contribution in [2.45, 2.75) is 0 Å². The summed E-state index contributed by atoms with van der Waals surface area (Å²) in [5.41, 5.74) is 3.10. The smallest absolute Gasteiger partial charge is 0.229 e. The van der Waals surface area contributed by atoms with E-state index in [0.29, 0.717) is 22.4 Å². The van der Waals surface area contributed by atoms with E-state index in [9.17, 15) is 12.8 Å². The number of hydrogen-bond donors (Lipinski definition) is 2. The lowest BCUT2D eigenvalue weighted by molar-refractivity contribution is 0.607. The van der Waals surface area contributed by atoms with Crippen LogP contribution in [0.4, 0.5) is 21.6 Å². The van der Waals surface area contributed by atoms with Crippen LogP contribution in [0.5, 0.6) is 0 Å². The number of sulfonamides is 1. The second-order valence-electron chi connectivity index (χ2n) is 6.78. The molecule has 0 aliphatic rings. The van der Waals surface area contributed by atoms with Crippen molar-refractivity contribution in [2.75, 3.05) is 16.3 Å². The zero-order valence-electron chi connectivity index (χ0n) is 16.0. The van der Waals surface area contributed by atoms with Gasteiger partial charge >= 0.3 is 0 Å². The van der Waals surface area contributed by atoms with Gasteiger partial charge in [-0.15, -0.1) is 0 Å². The Bertz CT molecular complexity index is 1410. The van der Waals surface area contributed by atoms with E-state index in [1.165, 1.54) is 18.5 Å². The summed E-state index contributed by atoms with van der Waals surface area (Å²) in [6.45, 7) is 0. The van der Waals surface area contributed by atoms with Crippen molar-refractivity contribution in [1.82, 2.24) is 9.97 Å². The van der Waals surface area contributed by atoms with E-state index in [4.69, 9.17) is 23.2 Å². The SMILES string of the molecule is CS(=O)(=O)Nc1cc(-c2ccc3ncnc(Nc4ccc(F)c(Cl)c4)c3c2)ccc1Cl. The van der Waals surface area contributed by atoms with E-state index in [1.54, 1.807) is 24.3 Å². The van der Waals surface area contributed by atoms with Gasteiger partial charge in [0.15, 0.2) is 0 Å². The number of fused-ring (bicyclic) bond motifs is 1. The van der Waals surface area contributed by atoms with E-state index in [-0.39, 0.29) is 15.7 Å². The highest BCUT2D eigenvalue weighted by atomic mass is 35.5. The number of nitrogens with one attached hydrogen (secondary N) is 2. The Labute approximate surface area is 188 Å². The predicted octanol–water partition coefficient (Wildman–Crippen LogP) is 5.86. The topological polar surface area (TPSA) is 84.0 Å². The molecule has 4 aromatic rings. The van der Waals surface area contributed by atoms with Gasteiger partial charge in [0, 0.05) is 11.1 Å². The summed E-state index contributed by atoms with van der Waals surface area (Å²) in [7, 11) is -3.48. The first-order chi connectivity index (χ1) is 14.7. The van der Waals surface area contributed by atoms with E-state index >= 15 is 0 Å². The fraction of sp³-hybridized carbons (Fsp3) is 0.0476. The lowest BCUT2D eigenvalue weighted by Gasteiger charge is -2.12. The van der Waals surface area contributed by atoms with E-state index in [2.05, 4.69) is 20.0 Å². The molecule has 1 heterocycles. The number of halogens is 3. The molecule has 0 unspecified atom stereocenters. The molecular weight excluding hydrogens is 462 g/mol. The van der Waals surface area contributed by atoms with E-state index in [1.807, 2.05) is 18.2 Å². The van der Waals surface area contributed by atoms with Crippen molar-refractivity contribution in [2.24, 2.45) is 0 Å². The summed E-state index contributed by atoms with van der Waals surface area (Å²) in [5.74, 6) is 0.00117. The fourth-order valence-electron chi connectivity index (χ4n) is 3.03. The van der Waals surface area contributed by atoms with Crippen LogP contribution in [0, 0.1) is 5.82 Å². The molecule has 0 saturated heterocycles. The number of rotatable bonds is 5. The van der Waals surface area contributed by atoms with Crippen LogP contribution in [0.2, 0.25) is 10.0 Å². The van der Waals surface area contributed by atoms with Gasteiger partial charge in [-0.1, -0.05) is 35.3 Å². The maximum atomic E-state index is 13.5. The van der Waals surface area contributed by atoms with Gasteiger partial charge in [-0.3, -0.25) is 4.72 Å². The monoisotopic (exact) mass is 476 g/mol. The largest absolute Gasteiger partial charge is 0.340 e. The molecule has 1 aromatic heterocycles. The van der Waals surface area contributed by atoms with Crippen molar-refractivity contribution in [3.63, 3.8) is 0 Å². The highest BCUT2D eigenvalue weighted by molar-refractivity contribution is 7.92. The van der Waals surface area contributed by atoms with Crippen LogP contribution < -0.4 is 10.0 Å². The van der Waals surface area contributed by atoms with Crippen LogP contribution in [-0.2, 0) is 10.0 Å². The molecule has 2 N–H and O–H groups in total. The average molecular weight is 477 g/mol. The summed E-state index contributed by atoms with van der Waals surface area (Å²) in [4.78, 5) is 8.58. The quantitative estimate of drug-likeness (QED) is 0.376. The van der Waals surface area contributed by atoms with Gasteiger partial charge in [-0.2, -0.15) is 0 Å². The molecule has 0 fully saturated rings. The molecule has 0 radical (unpaired) electrons. The summed E-state index contributed by atoms with van der Waals surface area (Å²) in [6, 6.07) is 14.9. The zero-order valence-corrected chi connectivity index (χ0v) is 18.4. The molecule has 0 amide bonds. The minimum absolute atomic E-state index is 0.00359. The molecule has 0 saturated carbocycles. The zero-order chi connectivity index (χ0) is 22.2. The molecule has 0 spiro atoms.